The van der Waals surface area contributed by atoms with E-state index < -0.39 is 12.1 Å². The molecule has 1 aromatic heterocycles. The lowest BCUT2D eigenvalue weighted by Crippen LogP contribution is -2.22. The monoisotopic (exact) mass is 364 g/mol. The molecule has 3 aromatic rings. The summed E-state index contributed by atoms with van der Waals surface area (Å²) in [5.74, 6) is -0.105. The fraction of sp³-hybridized carbons (Fsp3) is 0.190. The number of ether oxygens (including phenoxy) is 2. The SMILES string of the molecule is COc1ccc(-c2nn(-c3ccccc3)cc2C(=O)OC(C)C(C)=O)cc1. The number of esters is 1. The summed E-state index contributed by atoms with van der Waals surface area (Å²) in [6.45, 7) is 2.94. The van der Waals surface area contributed by atoms with Crippen LogP contribution in [-0.4, -0.2) is 34.7 Å². The quantitative estimate of drug-likeness (QED) is 0.624. The molecule has 0 aliphatic heterocycles. The minimum atomic E-state index is -0.818. The lowest BCUT2D eigenvalue weighted by molar-refractivity contribution is -0.124. The maximum absolute atomic E-state index is 12.7. The first kappa shape index (κ1) is 18.4. The molecule has 0 saturated carbocycles. The Morgan fingerprint density at radius 1 is 1.04 bits per heavy atom. The summed E-state index contributed by atoms with van der Waals surface area (Å²) < 4.78 is 12.1. The smallest absolute Gasteiger partial charge is 0.342 e. The van der Waals surface area contributed by atoms with E-state index in [0.29, 0.717) is 11.4 Å². The summed E-state index contributed by atoms with van der Waals surface area (Å²) in [5, 5.41) is 4.57. The van der Waals surface area contributed by atoms with Gasteiger partial charge >= 0.3 is 5.97 Å². The van der Waals surface area contributed by atoms with Gasteiger partial charge in [0.15, 0.2) is 11.9 Å². The highest BCUT2D eigenvalue weighted by Crippen LogP contribution is 2.26. The third-order valence-corrected chi connectivity index (χ3v) is 4.17. The summed E-state index contributed by atoms with van der Waals surface area (Å²) in [6.07, 6.45) is 0.797. The molecule has 0 fully saturated rings. The highest BCUT2D eigenvalue weighted by atomic mass is 16.5. The van der Waals surface area contributed by atoms with E-state index in [9.17, 15) is 9.59 Å². The Morgan fingerprint density at radius 3 is 2.30 bits per heavy atom. The standard InChI is InChI=1S/C21H20N2O4/c1-14(24)15(2)27-21(25)19-13-23(17-7-5-4-6-8-17)22-20(19)16-9-11-18(26-3)12-10-16/h4-13,15H,1-3H3. The first-order chi connectivity index (χ1) is 13.0. The van der Waals surface area contributed by atoms with Gasteiger partial charge in [-0.05, 0) is 50.2 Å². The molecule has 0 aliphatic rings. The second-order valence-electron chi connectivity index (χ2n) is 6.06. The van der Waals surface area contributed by atoms with E-state index in [4.69, 9.17) is 9.47 Å². The number of Topliss-reactive ketones (excluding diaryl/α,β-unsaturated/α-hetero) is 1. The van der Waals surface area contributed by atoms with E-state index in [1.54, 1.807) is 37.0 Å². The number of rotatable bonds is 6. The van der Waals surface area contributed by atoms with Gasteiger partial charge in [0.1, 0.15) is 17.0 Å². The molecular weight excluding hydrogens is 344 g/mol. The van der Waals surface area contributed by atoms with Crippen molar-refractivity contribution in [1.82, 2.24) is 9.78 Å². The van der Waals surface area contributed by atoms with E-state index in [1.165, 1.54) is 6.92 Å². The predicted octanol–water partition coefficient (Wildman–Crippen LogP) is 3.68. The fourth-order valence-corrected chi connectivity index (χ4v) is 2.51. The predicted molar refractivity (Wildman–Crippen MR) is 101 cm³/mol. The van der Waals surface area contributed by atoms with E-state index in [1.807, 2.05) is 42.5 Å². The Balaban J connectivity index is 2.04. The van der Waals surface area contributed by atoms with Crippen LogP contribution >= 0.6 is 0 Å². The van der Waals surface area contributed by atoms with Crippen LogP contribution in [0.25, 0.3) is 16.9 Å². The number of para-hydroxylation sites is 1. The molecule has 1 atom stereocenters. The van der Waals surface area contributed by atoms with E-state index in [2.05, 4.69) is 5.10 Å². The minimum absolute atomic E-state index is 0.218. The Morgan fingerprint density at radius 2 is 1.70 bits per heavy atom. The van der Waals surface area contributed by atoms with Crippen molar-refractivity contribution >= 4 is 11.8 Å². The van der Waals surface area contributed by atoms with Crippen LogP contribution in [0.5, 0.6) is 5.75 Å². The first-order valence-electron chi connectivity index (χ1n) is 8.50. The van der Waals surface area contributed by atoms with Crippen LogP contribution in [0.2, 0.25) is 0 Å². The number of hydrogen-bond acceptors (Lipinski definition) is 5. The van der Waals surface area contributed by atoms with E-state index in [-0.39, 0.29) is 11.3 Å². The molecule has 2 aromatic carbocycles. The van der Waals surface area contributed by atoms with Crippen molar-refractivity contribution in [3.05, 3.63) is 66.4 Å². The van der Waals surface area contributed by atoms with Gasteiger partial charge in [-0.2, -0.15) is 5.10 Å². The van der Waals surface area contributed by atoms with Crippen molar-refractivity contribution in [2.45, 2.75) is 20.0 Å². The van der Waals surface area contributed by atoms with Crippen LogP contribution in [0.15, 0.2) is 60.8 Å². The number of ketones is 1. The Kier molecular flexibility index (Phi) is 5.35. The third-order valence-electron chi connectivity index (χ3n) is 4.17. The number of benzene rings is 2. The fourth-order valence-electron chi connectivity index (χ4n) is 2.51. The van der Waals surface area contributed by atoms with Crippen LogP contribution < -0.4 is 4.74 Å². The van der Waals surface area contributed by atoms with Crippen LogP contribution in [0, 0.1) is 0 Å². The van der Waals surface area contributed by atoms with E-state index in [0.717, 1.165) is 11.3 Å². The van der Waals surface area contributed by atoms with Crippen LogP contribution in [0.3, 0.4) is 0 Å². The minimum Gasteiger partial charge on any atom is -0.497 e. The van der Waals surface area contributed by atoms with Crippen LogP contribution in [-0.2, 0) is 9.53 Å². The van der Waals surface area contributed by atoms with Crippen LogP contribution in [0.1, 0.15) is 24.2 Å². The summed E-state index contributed by atoms with van der Waals surface area (Å²) in [6, 6.07) is 16.7. The molecule has 138 valence electrons. The molecule has 0 radical (unpaired) electrons. The van der Waals surface area contributed by atoms with Crippen molar-refractivity contribution in [3.63, 3.8) is 0 Å². The molecule has 6 nitrogen and oxygen atoms in total. The van der Waals surface area contributed by atoms with Gasteiger partial charge in [-0.25, -0.2) is 9.48 Å². The average Bonchev–Trinajstić information content (AvgIpc) is 3.14. The summed E-state index contributed by atoms with van der Waals surface area (Å²) in [7, 11) is 1.59. The summed E-state index contributed by atoms with van der Waals surface area (Å²) in [5.41, 5.74) is 2.32. The molecule has 1 heterocycles. The highest BCUT2D eigenvalue weighted by Gasteiger charge is 2.23. The van der Waals surface area contributed by atoms with Crippen molar-refractivity contribution in [2.75, 3.05) is 7.11 Å². The molecule has 0 saturated heterocycles. The van der Waals surface area contributed by atoms with Crippen molar-refractivity contribution in [3.8, 4) is 22.7 Å². The Labute approximate surface area is 157 Å². The zero-order valence-electron chi connectivity index (χ0n) is 15.4. The van der Waals surface area contributed by atoms with Gasteiger partial charge in [-0.1, -0.05) is 18.2 Å². The molecule has 0 amide bonds. The Hall–Kier alpha value is -3.41. The van der Waals surface area contributed by atoms with Gasteiger partial charge in [0.05, 0.1) is 12.8 Å². The first-order valence-corrected chi connectivity index (χ1v) is 8.50. The van der Waals surface area contributed by atoms with Gasteiger partial charge in [0.25, 0.3) is 0 Å². The number of carbonyl (C=O) groups is 2. The lowest BCUT2D eigenvalue weighted by atomic mass is 10.1. The maximum Gasteiger partial charge on any atom is 0.342 e. The van der Waals surface area contributed by atoms with Gasteiger partial charge in [0.2, 0.25) is 0 Å². The molecule has 3 rings (SSSR count). The molecule has 27 heavy (non-hydrogen) atoms. The lowest BCUT2D eigenvalue weighted by Gasteiger charge is -2.09. The molecule has 0 bridgehead atoms. The van der Waals surface area contributed by atoms with Crippen molar-refractivity contribution in [1.29, 1.82) is 0 Å². The number of nitrogens with zero attached hydrogens (tertiary/aromatic N) is 2. The maximum atomic E-state index is 12.7. The van der Waals surface area contributed by atoms with Gasteiger partial charge in [0, 0.05) is 11.8 Å². The normalized spacial score (nSPS) is 11.7. The molecule has 0 N–H and O–H groups in total. The molecular formula is C21H20N2O4. The van der Waals surface area contributed by atoms with Crippen molar-refractivity contribution < 1.29 is 19.1 Å². The number of hydrogen-bond donors (Lipinski definition) is 0. The number of methoxy groups -OCH3 is 1. The van der Waals surface area contributed by atoms with Crippen molar-refractivity contribution in [2.24, 2.45) is 0 Å². The number of aromatic nitrogens is 2. The molecule has 6 heteroatoms. The summed E-state index contributed by atoms with van der Waals surface area (Å²) >= 11 is 0. The zero-order valence-corrected chi connectivity index (χ0v) is 15.4. The molecule has 1 unspecified atom stereocenters. The summed E-state index contributed by atoms with van der Waals surface area (Å²) in [4.78, 5) is 24.1. The number of carbonyl (C=O) groups excluding carboxylic acids is 2. The van der Waals surface area contributed by atoms with Gasteiger partial charge in [-0.3, -0.25) is 4.79 Å². The highest BCUT2D eigenvalue weighted by molar-refractivity contribution is 5.97. The topological polar surface area (TPSA) is 70.4 Å². The zero-order chi connectivity index (χ0) is 19.4. The van der Waals surface area contributed by atoms with Gasteiger partial charge in [-0.15, -0.1) is 0 Å². The van der Waals surface area contributed by atoms with Gasteiger partial charge < -0.3 is 9.47 Å². The average molecular weight is 364 g/mol. The largest absolute Gasteiger partial charge is 0.497 e. The molecule has 0 spiro atoms. The third kappa shape index (κ3) is 4.06. The Bertz CT molecular complexity index is 946. The molecule has 0 aliphatic carbocycles. The second-order valence-corrected chi connectivity index (χ2v) is 6.06. The second kappa shape index (κ2) is 7.86. The van der Waals surface area contributed by atoms with Crippen LogP contribution in [0.4, 0.5) is 0 Å². The van der Waals surface area contributed by atoms with E-state index >= 15 is 0 Å².